The number of rotatable bonds is 5. The number of methoxy groups -OCH3 is 2. The van der Waals surface area contributed by atoms with Crippen molar-refractivity contribution in [1.29, 1.82) is 0 Å². The molecule has 0 unspecified atom stereocenters. The Hall–Kier alpha value is -2.97. The molecule has 0 spiro atoms. The van der Waals surface area contributed by atoms with Crippen LogP contribution in [0.3, 0.4) is 0 Å². The highest BCUT2D eigenvalue weighted by molar-refractivity contribution is 5.46. The van der Waals surface area contributed by atoms with Gasteiger partial charge in [-0.25, -0.2) is 0 Å². The zero-order chi connectivity index (χ0) is 14.5. The molecule has 2 rings (SSSR count). The van der Waals surface area contributed by atoms with Crippen LogP contribution in [0, 0.1) is 10.1 Å². The zero-order valence-corrected chi connectivity index (χ0v) is 10.6. The molecule has 9 nitrogen and oxygen atoms in total. The lowest BCUT2D eigenvalue weighted by Gasteiger charge is -2.06. The first kappa shape index (κ1) is 13.5. The summed E-state index contributed by atoms with van der Waals surface area (Å²) in [5.74, 6) is 0.00723. The molecule has 0 aliphatic heterocycles. The van der Waals surface area contributed by atoms with Gasteiger partial charge in [0.2, 0.25) is 5.75 Å². The molecule has 0 atom stereocenters. The van der Waals surface area contributed by atoms with E-state index < -0.39 is 4.92 Å². The Labute approximate surface area is 113 Å². The number of nitrogens with zero attached hydrogens (tertiary/aromatic N) is 4. The van der Waals surface area contributed by atoms with Crippen molar-refractivity contribution in [2.45, 2.75) is 0 Å². The second kappa shape index (κ2) is 5.78. The molecule has 0 saturated heterocycles. The highest BCUT2D eigenvalue weighted by Crippen LogP contribution is 2.30. The van der Waals surface area contributed by atoms with Crippen LogP contribution in [0.2, 0.25) is 0 Å². The van der Waals surface area contributed by atoms with E-state index in [0.29, 0.717) is 0 Å². The monoisotopic (exact) mass is 278 g/mol. The van der Waals surface area contributed by atoms with Gasteiger partial charge in [-0.2, -0.15) is 0 Å². The van der Waals surface area contributed by atoms with Gasteiger partial charge in [-0.15, -0.1) is 15.0 Å². The minimum atomic E-state index is -0.564. The summed E-state index contributed by atoms with van der Waals surface area (Å²) in [5, 5.41) is 10.9. The first-order chi connectivity index (χ1) is 9.63. The van der Waals surface area contributed by atoms with Gasteiger partial charge in [0.25, 0.3) is 0 Å². The van der Waals surface area contributed by atoms with E-state index in [-0.39, 0.29) is 29.5 Å². The Balaban J connectivity index is 2.37. The fourth-order valence-electron chi connectivity index (χ4n) is 1.34. The maximum absolute atomic E-state index is 10.9. The molecule has 0 N–H and O–H groups in total. The van der Waals surface area contributed by atoms with E-state index in [1.807, 2.05) is 0 Å². The van der Waals surface area contributed by atoms with Gasteiger partial charge >= 0.3 is 23.7 Å². The maximum Gasteiger partial charge on any atom is 0.331 e. The van der Waals surface area contributed by atoms with Crippen LogP contribution in [-0.4, -0.2) is 34.1 Å². The summed E-state index contributed by atoms with van der Waals surface area (Å²) in [6.07, 6.45) is 0. The van der Waals surface area contributed by atoms with Gasteiger partial charge in [-0.05, 0) is 6.07 Å². The Morgan fingerprint density at radius 3 is 2.10 bits per heavy atom. The molecule has 0 fully saturated rings. The van der Waals surface area contributed by atoms with Crippen molar-refractivity contribution >= 4 is 5.69 Å². The number of ether oxygens (including phenoxy) is 3. The fourth-order valence-corrected chi connectivity index (χ4v) is 1.34. The summed E-state index contributed by atoms with van der Waals surface area (Å²) in [6, 6.07) is 5.66. The van der Waals surface area contributed by atoms with Crippen LogP contribution in [0.4, 0.5) is 5.69 Å². The van der Waals surface area contributed by atoms with E-state index in [9.17, 15) is 10.1 Å². The number of nitro groups is 1. The Morgan fingerprint density at radius 2 is 1.55 bits per heavy atom. The van der Waals surface area contributed by atoms with E-state index in [4.69, 9.17) is 14.2 Å². The first-order valence-corrected chi connectivity index (χ1v) is 5.39. The molecule has 2 aromatic rings. The van der Waals surface area contributed by atoms with E-state index in [1.165, 1.54) is 32.4 Å². The number of aromatic nitrogens is 3. The Kier molecular flexibility index (Phi) is 3.89. The van der Waals surface area contributed by atoms with Gasteiger partial charge in [-0.3, -0.25) is 10.1 Å². The number of benzene rings is 1. The largest absolute Gasteiger partial charge is 0.467 e. The SMILES string of the molecule is COc1nc(OC)nc(Oc2ccccc2[N+](=O)[O-])n1. The third-order valence-corrected chi connectivity index (χ3v) is 2.20. The Bertz CT molecular complexity index is 612. The van der Waals surface area contributed by atoms with Crippen LogP contribution in [0.1, 0.15) is 0 Å². The molecule has 1 aromatic carbocycles. The third-order valence-electron chi connectivity index (χ3n) is 2.20. The molecule has 0 saturated carbocycles. The van der Waals surface area contributed by atoms with Gasteiger partial charge in [-0.1, -0.05) is 12.1 Å². The maximum atomic E-state index is 10.9. The molecule has 20 heavy (non-hydrogen) atoms. The minimum absolute atomic E-state index is 0.00723. The van der Waals surface area contributed by atoms with Crippen LogP contribution in [-0.2, 0) is 0 Å². The normalized spacial score (nSPS) is 9.90. The molecule has 0 radical (unpaired) electrons. The van der Waals surface area contributed by atoms with E-state index >= 15 is 0 Å². The lowest BCUT2D eigenvalue weighted by Crippen LogP contribution is -2.02. The van der Waals surface area contributed by atoms with Gasteiger partial charge in [0.05, 0.1) is 19.1 Å². The van der Waals surface area contributed by atoms with Crippen molar-refractivity contribution in [1.82, 2.24) is 15.0 Å². The quantitative estimate of drug-likeness (QED) is 0.599. The second-order valence-electron chi connectivity index (χ2n) is 3.42. The third kappa shape index (κ3) is 2.88. The van der Waals surface area contributed by atoms with Crippen LogP contribution < -0.4 is 14.2 Å². The van der Waals surface area contributed by atoms with Crippen LogP contribution in [0.15, 0.2) is 24.3 Å². The summed E-state index contributed by atoms with van der Waals surface area (Å²) in [7, 11) is 2.73. The van der Waals surface area contributed by atoms with E-state index in [1.54, 1.807) is 6.07 Å². The molecule has 0 aliphatic carbocycles. The highest BCUT2D eigenvalue weighted by Gasteiger charge is 2.17. The summed E-state index contributed by atoms with van der Waals surface area (Å²) in [4.78, 5) is 21.8. The Morgan fingerprint density at radius 1 is 1.00 bits per heavy atom. The van der Waals surface area contributed by atoms with Crippen molar-refractivity contribution < 1.29 is 19.1 Å². The van der Waals surface area contributed by atoms with Gasteiger partial charge in [0, 0.05) is 6.07 Å². The van der Waals surface area contributed by atoms with Crippen molar-refractivity contribution in [2.75, 3.05) is 14.2 Å². The van der Waals surface area contributed by atoms with Crippen molar-refractivity contribution in [3.05, 3.63) is 34.4 Å². The smallest absolute Gasteiger partial charge is 0.331 e. The van der Waals surface area contributed by atoms with Crippen LogP contribution in [0.5, 0.6) is 23.8 Å². The summed E-state index contributed by atoms with van der Waals surface area (Å²) in [6.45, 7) is 0. The van der Waals surface area contributed by atoms with E-state index in [0.717, 1.165) is 0 Å². The summed E-state index contributed by atoms with van der Waals surface area (Å²) < 4.78 is 15.0. The van der Waals surface area contributed by atoms with Gasteiger partial charge in [0.15, 0.2) is 0 Å². The lowest BCUT2D eigenvalue weighted by atomic mass is 10.3. The average molecular weight is 278 g/mol. The van der Waals surface area contributed by atoms with Gasteiger partial charge in [0.1, 0.15) is 0 Å². The number of para-hydroxylation sites is 2. The first-order valence-electron chi connectivity index (χ1n) is 5.39. The van der Waals surface area contributed by atoms with Crippen LogP contribution in [0.25, 0.3) is 0 Å². The lowest BCUT2D eigenvalue weighted by molar-refractivity contribution is -0.385. The molecule has 1 aromatic heterocycles. The molecule has 0 amide bonds. The molecule has 0 aliphatic rings. The number of hydrogen-bond acceptors (Lipinski definition) is 8. The van der Waals surface area contributed by atoms with Gasteiger partial charge < -0.3 is 14.2 Å². The zero-order valence-electron chi connectivity index (χ0n) is 10.6. The molecule has 9 heteroatoms. The van der Waals surface area contributed by atoms with Crippen molar-refractivity contribution in [2.24, 2.45) is 0 Å². The topological polar surface area (TPSA) is 110 Å². The van der Waals surface area contributed by atoms with E-state index in [2.05, 4.69) is 15.0 Å². The van der Waals surface area contributed by atoms with Crippen molar-refractivity contribution in [3.8, 4) is 23.8 Å². The second-order valence-corrected chi connectivity index (χ2v) is 3.42. The fraction of sp³-hybridized carbons (Fsp3) is 0.182. The number of nitro benzene ring substituents is 1. The molecular weight excluding hydrogens is 268 g/mol. The molecular formula is C11H10N4O5. The average Bonchev–Trinajstić information content (AvgIpc) is 2.47. The van der Waals surface area contributed by atoms with Crippen molar-refractivity contribution in [3.63, 3.8) is 0 Å². The highest BCUT2D eigenvalue weighted by atomic mass is 16.6. The summed E-state index contributed by atoms with van der Waals surface area (Å²) >= 11 is 0. The predicted octanol–water partition coefficient (Wildman–Crippen LogP) is 1.59. The summed E-state index contributed by atoms with van der Waals surface area (Å²) in [5.41, 5.74) is -0.203. The predicted molar refractivity (Wildman–Crippen MR) is 66.1 cm³/mol. The molecule has 0 bridgehead atoms. The van der Waals surface area contributed by atoms with Crippen LogP contribution >= 0.6 is 0 Å². The standard InChI is InChI=1S/C11H10N4O5/c1-18-9-12-10(19-2)14-11(13-9)20-8-6-4-3-5-7(8)15(16)17/h3-6H,1-2H3. The molecule has 1 heterocycles. The number of hydrogen-bond donors (Lipinski definition) is 0. The molecule has 104 valence electrons. The minimum Gasteiger partial charge on any atom is -0.467 e.